The van der Waals surface area contributed by atoms with E-state index < -0.39 is 5.97 Å². The molecule has 1 saturated heterocycles. The Bertz CT molecular complexity index is 424. The highest BCUT2D eigenvalue weighted by Gasteiger charge is 2.27. The van der Waals surface area contributed by atoms with Crippen molar-refractivity contribution in [3.63, 3.8) is 0 Å². The van der Waals surface area contributed by atoms with Gasteiger partial charge in [-0.05, 0) is 37.1 Å². The summed E-state index contributed by atoms with van der Waals surface area (Å²) in [5.74, 6) is 0.541. The number of thioether (sulfide) groups is 1. The van der Waals surface area contributed by atoms with Crippen LogP contribution in [-0.2, 0) is 4.79 Å². The predicted octanol–water partition coefficient (Wildman–Crippen LogP) is 3.64. The highest BCUT2D eigenvalue weighted by molar-refractivity contribution is 8.00. The summed E-state index contributed by atoms with van der Waals surface area (Å²) in [6.45, 7) is 3.12. The van der Waals surface area contributed by atoms with Crippen molar-refractivity contribution in [1.29, 1.82) is 0 Å². The summed E-state index contributed by atoms with van der Waals surface area (Å²) in [7, 11) is 0. The number of benzene rings is 1. The van der Waals surface area contributed by atoms with Crippen molar-refractivity contribution in [1.82, 2.24) is 0 Å². The standard InChI is InChI=1S/C16H23NO2S/c1-13-15(9-6-12-20-13)17(11-5-10-16(18)19)14-7-3-2-4-8-14/h2-4,7-8,13,15H,5-6,9-12H2,1H3,(H,18,19). The summed E-state index contributed by atoms with van der Waals surface area (Å²) < 4.78 is 0. The lowest BCUT2D eigenvalue weighted by molar-refractivity contribution is -0.137. The Morgan fingerprint density at radius 1 is 1.40 bits per heavy atom. The fraction of sp³-hybridized carbons (Fsp3) is 0.562. The number of hydrogen-bond acceptors (Lipinski definition) is 3. The topological polar surface area (TPSA) is 40.5 Å². The van der Waals surface area contributed by atoms with Crippen LogP contribution in [0.15, 0.2) is 30.3 Å². The van der Waals surface area contributed by atoms with Gasteiger partial charge in [-0.15, -0.1) is 0 Å². The van der Waals surface area contributed by atoms with E-state index in [0.29, 0.717) is 17.7 Å². The van der Waals surface area contributed by atoms with Gasteiger partial charge in [0, 0.05) is 29.9 Å². The van der Waals surface area contributed by atoms with Crippen molar-refractivity contribution in [2.45, 2.75) is 43.9 Å². The van der Waals surface area contributed by atoms with E-state index in [2.05, 4.69) is 36.1 Å². The van der Waals surface area contributed by atoms with Crippen molar-refractivity contribution in [3.8, 4) is 0 Å². The number of para-hydroxylation sites is 1. The number of rotatable bonds is 6. The monoisotopic (exact) mass is 293 g/mol. The Kier molecular flexibility index (Phi) is 5.77. The van der Waals surface area contributed by atoms with Crippen molar-refractivity contribution in [2.75, 3.05) is 17.2 Å². The SMILES string of the molecule is CC1SCCCC1N(CCCC(=O)O)c1ccccc1. The molecule has 2 unspecified atom stereocenters. The van der Waals surface area contributed by atoms with E-state index in [0.717, 1.165) is 6.54 Å². The zero-order valence-electron chi connectivity index (χ0n) is 12.0. The van der Waals surface area contributed by atoms with Crippen LogP contribution in [0.3, 0.4) is 0 Å². The average Bonchev–Trinajstić information content (AvgIpc) is 2.45. The zero-order valence-corrected chi connectivity index (χ0v) is 12.8. The number of carboxylic acids is 1. The van der Waals surface area contributed by atoms with Gasteiger partial charge in [0.05, 0.1) is 0 Å². The molecule has 1 N–H and O–H groups in total. The fourth-order valence-electron chi connectivity index (χ4n) is 2.82. The van der Waals surface area contributed by atoms with Crippen molar-refractivity contribution >= 4 is 23.4 Å². The number of nitrogens with zero attached hydrogens (tertiary/aromatic N) is 1. The van der Waals surface area contributed by atoms with Crippen LogP contribution < -0.4 is 4.90 Å². The second-order valence-corrected chi connectivity index (χ2v) is 6.80. The fourth-order valence-corrected chi connectivity index (χ4v) is 4.03. The van der Waals surface area contributed by atoms with Gasteiger partial charge < -0.3 is 10.0 Å². The van der Waals surface area contributed by atoms with Gasteiger partial charge in [-0.1, -0.05) is 25.1 Å². The summed E-state index contributed by atoms with van der Waals surface area (Å²) in [6, 6.07) is 10.9. The van der Waals surface area contributed by atoms with Gasteiger partial charge in [0.1, 0.15) is 0 Å². The molecule has 1 aromatic rings. The third-order valence-corrected chi connectivity index (χ3v) is 5.21. The maximum atomic E-state index is 10.7. The van der Waals surface area contributed by atoms with Gasteiger partial charge in [-0.3, -0.25) is 4.79 Å². The quantitative estimate of drug-likeness (QED) is 0.869. The molecule has 20 heavy (non-hydrogen) atoms. The minimum Gasteiger partial charge on any atom is -0.481 e. The molecule has 1 aliphatic rings. The van der Waals surface area contributed by atoms with Crippen molar-refractivity contribution < 1.29 is 9.90 Å². The summed E-state index contributed by atoms with van der Waals surface area (Å²) >= 11 is 2.03. The second kappa shape index (κ2) is 7.58. The maximum Gasteiger partial charge on any atom is 0.303 e. The lowest BCUT2D eigenvalue weighted by Crippen LogP contribution is -2.44. The van der Waals surface area contributed by atoms with Crippen LogP contribution in [0.4, 0.5) is 5.69 Å². The van der Waals surface area contributed by atoms with Gasteiger partial charge in [0.25, 0.3) is 0 Å². The minimum atomic E-state index is -0.705. The van der Waals surface area contributed by atoms with Crippen LogP contribution in [-0.4, -0.2) is 34.7 Å². The largest absolute Gasteiger partial charge is 0.481 e. The Balaban J connectivity index is 2.08. The Labute approximate surface area is 125 Å². The predicted molar refractivity (Wildman–Crippen MR) is 85.6 cm³/mol. The molecule has 0 spiro atoms. The van der Waals surface area contributed by atoms with Crippen molar-refractivity contribution in [3.05, 3.63) is 30.3 Å². The van der Waals surface area contributed by atoms with Crippen LogP contribution in [0.25, 0.3) is 0 Å². The lowest BCUT2D eigenvalue weighted by atomic mass is 10.0. The van der Waals surface area contributed by atoms with E-state index in [1.807, 2.05) is 17.8 Å². The van der Waals surface area contributed by atoms with Gasteiger partial charge in [0.15, 0.2) is 0 Å². The number of carbonyl (C=O) groups is 1. The van der Waals surface area contributed by atoms with E-state index in [9.17, 15) is 4.79 Å². The molecule has 0 saturated carbocycles. The highest BCUT2D eigenvalue weighted by atomic mass is 32.2. The lowest BCUT2D eigenvalue weighted by Gasteiger charge is -2.40. The molecule has 3 nitrogen and oxygen atoms in total. The number of aliphatic carboxylic acids is 1. The molecule has 0 amide bonds. The Hall–Kier alpha value is -1.16. The molecule has 110 valence electrons. The van der Waals surface area contributed by atoms with Crippen LogP contribution in [0.5, 0.6) is 0 Å². The molecule has 0 aliphatic carbocycles. The van der Waals surface area contributed by atoms with Crippen LogP contribution in [0, 0.1) is 0 Å². The highest BCUT2D eigenvalue weighted by Crippen LogP contribution is 2.32. The molecule has 0 bridgehead atoms. The minimum absolute atomic E-state index is 0.248. The van der Waals surface area contributed by atoms with E-state index >= 15 is 0 Å². The summed E-state index contributed by atoms with van der Waals surface area (Å²) in [6.07, 6.45) is 3.41. The molecule has 1 aliphatic heterocycles. The van der Waals surface area contributed by atoms with E-state index in [-0.39, 0.29) is 6.42 Å². The van der Waals surface area contributed by atoms with E-state index in [1.165, 1.54) is 24.3 Å². The molecule has 0 radical (unpaired) electrons. The number of hydrogen-bond donors (Lipinski definition) is 1. The number of carboxylic acid groups (broad SMARTS) is 1. The summed E-state index contributed by atoms with van der Waals surface area (Å²) in [5, 5.41) is 9.44. The molecule has 4 heteroatoms. The first-order valence-electron chi connectivity index (χ1n) is 7.33. The Morgan fingerprint density at radius 3 is 2.80 bits per heavy atom. The molecule has 1 aromatic carbocycles. The maximum absolute atomic E-state index is 10.7. The zero-order chi connectivity index (χ0) is 14.4. The first-order valence-corrected chi connectivity index (χ1v) is 8.38. The first-order chi connectivity index (χ1) is 9.68. The Morgan fingerprint density at radius 2 is 2.15 bits per heavy atom. The smallest absolute Gasteiger partial charge is 0.303 e. The third kappa shape index (κ3) is 4.17. The number of anilines is 1. The van der Waals surface area contributed by atoms with E-state index in [1.54, 1.807) is 0 Å². The molecular weight excluding hydrogens is 270 g/mol. The molecule has 2 atom stereocenters. The van der Waals surface area contributed by atoms with Crippen LogP contribution in [0.1, 0.15) is 32.6 Å². The van der Waals surface area contributed by atoms with Gasteiger partial charge in [-0.2, -0.15) is 11.8 Å². The van der Waals surface area contributed by atoms with Crippen LogP contribution >= 0.6 is 11.8 Å². The first kappa shape index (κ1) is 15.2. The summed E-state index contributed by atoms with van der Waals surface area (Å²) in [4.78, 5) is 13.2. The molecule has 0 aromatic heterocycles. The third-order valence-electron chi connectivity index (χ3n) is 3.84. The molecule has 2 rings (SSSR count). The molecular formula is C16H23NO2S. The van der Waals surface area contributed by atoms with E-state index in [4.69, 9.17) is 5.11 Å². The van der Waals surface area contributed by atoms with Gasteiger partial charge in [0.2, 0.25) is 0 Å². The molecule has 1 fully saturated rings. The normalized spacial score (nSPS) is 22.4. The van der Waals surface area contributed by atoms with Crippen LogP contribution in [0.2, 0.25) is 0 Å². The van der Waals surface area contributed by atoms with Gasteiger partial charge in [-0.25, -0.2) is 0 Å². The summed E-state index contributed by atoms with van der Waals surface area (Å²) in [5.41, 5.74) is 1.22. The average molecular weight is 293 g/mol. The van der Waals surface area contributed by atoms with Crippen molar-refractivity contribution in [2.24, 2.45) is 0 Å². The van der Waals surface area contributed by atoms with Gasteiger partial charge >= 0.3 is 5.97 Å². The second-order valence-electron chi connectivity index (χ2n) is 5.31. The molecule has 1 heterocycles.